The average molecular weight is 1060 g/mol. The van der Waals surface area contributed by atoms with E-state index in [4.69, 9.17) is 0 Å². The minimum Gasteiger partial charge on any atom is -0.481 e. The summed E-state index contributed by atoms with van der Waals surface area (Å²) in [5, 5.41) is 45.2. The van der Waals surface area contributed by atoms with Crippen molar-refractivity contribution in [2.75, 3.05) is 6.54 Å². The van der Waals surface area contributed by atoms with Crippen LogP contribution in [0, 0.1) is 38.7 Å². The Kier molecular flexibility index (Phi) is 21.5. The van der Waals surface area contributed by atoms with Gasteiger partial charge >= 0.3 is 29.8 Å². The Morgan fingerprint density at radius 1 is 0.582 bits per heavy atom. The van der Waals surface area contributed by atoms with Crippen molar-refractivity contribution in [3.05, 3.63) is 98.1 Å². The zero-order valence-electron chi connectivity index (χ0n) is 35.2. The molecule has 0 heterocycles. The number of ether oxygens (including phenoxy) is 1. The summed E-state index contributed by atoms with van der Waals surface area (Å²) >= 11 is 2.05. The number of unbranched alkanes of at least 4 members (excludes halogenated alkanes) is 1. The number of aliphatic carboxylic acids is 4. The van der Waals surface area contributed by atoms with Crippen LogP contribution < -0.4 is 20.7 Å². The van der Waals surface area contributed by atoms with E-state index in [2.05, 4.69) is 20.7 Å². The molecule has 0 aliphatic rings. The van der Waals surface area contributed by atoms with E-state index in [1.807, 2.05) is 22.6 Å². The molecule has 7 N–H and O–H groups in total. The van der Waals surface area contributed by atoms with E-state index in [0.29, 0.717) is 12.0 Å². The van der Waals surface area contributed by atoms with Gasteiger partial charge in [-0.1, -0.05) is 18.6 Å². The number of hydrogen-bond donors (Lipinski definition) is 7. The monoisotopic (exact) mass is 1060 g/mol. The van der Waals surface area contributed by atoms with Crippen LogP contribution in [0.5, 0.6) is 5.75 Å². The zero-order chi connectivity index (χ0) is 50.0. The van der Waals surface area contributed by atoms with Crippen molar-refractivity contribution in [2.45, 2.75) is 82.7 Å². The van der Waals surface area contributed by atoms with Gasteiger partial charge in [-0.05, 0) is 91.1 Å². The van der Waals surface area contributed by atoms with E-state index in [1.165, 1.54) is 0 Å². The number of hydrogen-bond acceptors (Lipinski definition) is 11. The molecule has 0 aromatic heterocycles. The van der Waals surface area contributed by atoms with Gasteiger partial charge in [-0.2, -0.15) is 8.78 Å². The van der Waals surface area contributed by atoms with Gasteiger partial charge in [-0.15, -0.1) is 0 Å². The molecule has 3 rings (SSSR count). The predicted molar refractivity (Wildman–Crippen MR) is 231 cm³/mol. The number of carboxylic acids is 4. The Labute approximate surface area is 392 Å². The van der Waals surface area contributed by atoms with Gasteiger partial charge < -0.3 is 41.1 Å². The van der Waals surface area contributed by atoms with Gasteiger partial charge in [0.15, 0.2) is 23.2 Å². The van der Waals surface area contributed by atoms with Crippen molar-refractivity contribution in [3.8, 4) is 5.75 Å². The topological polar surface area (TPSA) is 297 Å². The molecule has 0 aliphatic heterocycles. The molecule has 0 fully saturated rings. The first-order chi connectivity index (χ1) is 31.6. The summed E-state index contributed by atoms with van der Waals surface area (Å²) in [4.78, 5) is 126. The standard InChI is InChI=1S/C44H44F4IN3O15/c45-28-21-29(46)38(48)39(37(28)47)67-44(66)26-8-3-6-22(17-26)41(62)51-30(11-14-35(57)58)32(53)19-24(10-13-34(55)56)42(63)52-31(12-15-36(59)60)33(54)20-25(43(64)65)5-1-2-16-50-40(61)23-7-4-9-27(49)18-23/h3-4,6-9,17-18,21,24-25,30-31H,1-2,5,10-16,19-20H2,(H,50,61)(H,51,62)(H,52,63)(H,55,56)(H,57,58)(H,59,60)(H,64,65)/t24-,25-,30+,31+/m0/s1. The molecule has 3 amide bonds. The van der Waals surface area contributed by atoms with Crippen molar-refractivity contribution in [2.24, 2.45) is 11.8 Å². The maximum Gasteiger partial charge on any atom is 0.343 e. The van der Waals surface area contributed by atoms with Gasteiger partial charge in [0, 0.05) is 65.3 Å². The summed E-state index contributed by atoms with van der Waals surface area (Å²) in [6, 6.07) is 7.25. The summed E-state index contributed by atoms with van der Waals surface area (Å²) in [7, 11) is 0. The fourth-order valence-electron chi connectivity index (χ4n) is 6.43. The highest BCUT2D eigenvalue weighted by Crippen LogP contribution is 2.28. The van der Waals surface area contributed by atoms with Crippen LogP contribution in [0.25, 0.3) is 0 Å². The van der Waals surface area contributed by atoms with Crippen LogP contribution in [-0.2, 0) is 33.6 Å². The van der Waals surface area contributed by atoms with Gasteiger partial charge in [0.1, 0.15) is 0 Å². The molecule has 0 unspecified atom stereocenters. The lowest BCUT2D eigenvalue weighted by Crippen LogP contribution is -2.47. The summed E-state index contributed by atoms with van der Waals surface area (Å²) in [5.41, 5.74) is -0.599. The first-order valence-electron chi connectivity index (χ1n) is 20.3. The number of amides is 3. The van der Waals surface area contributed by atoms with Crippen molar-refractivity contribution in [3.63, 3.8) is 0 Å². The van der Waals surface area contributed by atoms with Gasteiger partial charge in [0.25, 0.3) is 11.8 Å². The number of benzene rings is 3. The summed E-state index contributed by atoms with van der Waals surface area (Å²) in [5.74, 6) is -24.2. The summed E-state index contributed by atoms with van der Waals surface area (Å²) in [6.45, 7) is 0.179. The number of carbonyl (C=O) groups is 10. The largest absolute Gasteiger partial charge is 0.481 e. The normalized spacial score (nSPS) is 12.7. The number of rotatable bonds is 28. The molecule has 360 valence electrons. The molecule has 67 heavy (non-hydrogen) atoms. The lowest BCUT2D eigenvalue weighted by atomic mass is 9.89. The van der Waals surface area contributed by atoms with Crippen molar-refractivity contribution >= 4 is 81.7 Å². The third-order valence-electron chi connectivity index (χ3n) is 9.99. The number of halogens is 5. The molecule has 0 saturated carbocycles. The van der Waals surface area contributed by atoms with Crippen LogP contribution >= 0.6 is 22.6 Å². The molecule has 0 saturated heterocycles. The third-order valence-corrected chi connectivity index (χ3v) is 10.7. The van der Waals surface area contributed by atoms with Crippen molar-refractivity contribution in [1.29, 1.82) is 0 Å². The predicted octanol–water partition coefficient (Wildman–Crippen LogP) is 5.08. The minimum absolute atomic E-state index is 0.0521. The van der Waals surface area contributed by atoms with E-state index >= 15 is 0 Å². The second-order valence-electron chi connectivity index (χ2n) is 15.0. The van der Waals surface area contributed by atoms with Gasteiger partial charge in [0.05, 0.1) is 23.6 Å². The SMILES string of the molecule is O=C(O)CC[C@@H](CC(=O)[C@@H](CCC(=O)O)NC(=O)c1cccc(C(=O)Oc2c(F)c(F)cc(F)c2F)c1)C(=O)N[C@H](CCC(=O)O)C(=O)C[C@H](CCCCNC(=O)c1cccc(I)c1)C(=O)O. The van der Waals surface area contributed by atoms with E-state index < -0.39 is 169 Å². The highest BCUT2D eigenvalue weighted by molar-refractivity contribution is 14.1. The molecule has 3 aromatic carbocycles. The highest BCUT2D eigenvalue weighted by Gasteiger charge is 2.33. The summed E-state index contributed by atoms with van der Waals surface area (Å²) < 4.78 is 61.0. The molecule has 0 bridgehead atoms. The number of ketones is 2. The first-order valence-corrected chi connectivity index (χ1v) is 21.4. The second-order valence-corrected chi connectivity index (χ2v) is 16.2. The summed E-state index contributed by atoms with van der Waals surface area (Å²) in [6.07, 6.45) is -4.90. The Morgan fingerprint density at radius 2 is 1.09 bits per heavy atom. The van der Waals surface area contributed by atoms with Gasteiger partial charge in [-0.3, -0.25) is 43.2 Å². The molecular weight excluding hydrogens is 1010 g/mol. The number of carboxylic acid groups (broad SMARTS) is 4. The molecule has 0 aliphatic carbocycles. The van der Waals surface area contributed by atoms with Crippen molar-refractivity contribution < 1.29 is 90.7 Å². The van der Waals surface area contributed by atoms with Gasteiger partial charge in [-0.25, -0.2) is 13.6 Å². The number of nitrogens with one attached hydrogen (secondary N) is 3. The molecule has 0 spiro atoms. The van der Waals surface area contributed by atoms with Crippen LogP contribution in [0.15, 0.2) is 54.6 Å². The Morgan fingerprint density at radius 3 is 1.64 bits per heavy atom. The molecular formula is C44H44F4IN3O15. The molecule has 18 nitrogen and oxygen atoms in total. The maximum atomic E-state index is 14.1. The molecule has 4 atom stereocenters. The first kappa shape index (κ1) is 54.5. The lowest BCUT2D eigenvalue weighted by molar-refractivity contribution is -0.145. The Balaban J connectivity index is 1.76. The third kappa shape index (κ3) is 17.8. The lowest BCUT2D eigenvalue weighted by Gasteiger charge is -2.24. The van der Waals surface area contributed by atoms with E-state index in [9.17, 15) is 85.9 Å². The van der Waals surface area contributed by atoms with Crippen LogP contribution in [-0.4, -0.2) is 98.2 Å². The van der Waals surface area contributed by atoms with Crippen LogP contribution in [0.3, 0.4) is 0 Å². The fraction of sp³-hybridized carbons (Fsp3) is 0.364. The zero-order valence-corrected chi connectivity index (χ0v) is 37.3. The average Bonchev–Trinajstić information content (AvgIpc) is 3.27. The molecule has 3 aromatic rings. The highest BCUT2D eigenvalue weighted by atomic mass is 127. The quantitative estimate of drug-likeness (QED) is 0.0125. The number of esters is 1. The molecule has 23 heteroatoms. The Bertz CT molecular complexity index is 2360. The van der Waals surface area contributed by atoms with Crippen molar-refractivity contribution in [1.82, 2.24) is 16.0 Å². The van der Waals surface area contributed by atoms with E-state index in [-0.39, 0.29) is 31.4 Å². The smallest absolute Gasteiger partial charge is 0.343 e. The van der Waals surface area contributed by atoms with E-state index in [1.54, 1.807) is 24.3 Å². The molecule has 0 radical (unpaired) electrons. The van der Waals surface area contributed by atoms with Crippen LogP contribution in [0.2, 0.25) is 0 Å². The fourth-order valence-corrected chi connectivity index (χ4v) is 6.97. The van der Waals surface area contributed by atoms with Crippen LogP contribution in [0.1, 0.15) is 102 Å². The maximum absolute atomic E-state index is 14.1. The second kappa shape index (κ2) is 26.4. The number of carbonyl (C=O) groups excluding carboxylic acids is 6. The number of Topliss-reactive ketones (excluding diaryl/α,β-unsaturated/α-hetero) is 2. The van der Waals surface area contributed by atoms with E-state index in [0.717, 1.165) is 27.8 Å². The van der Waals surface area contributed by atoms with Crippen LogP contribution in [0.4, 0.5) is 17.6 Å². The minimum atomic E-state index is -2.04. The van der Waals surface area contributed by atoms with Gasteiger partial charge in [0.2, 0.25) is 23.3 Å². The Hall–Kier alpha value is -6.79.